The molecular formula is C16H19N3O4. The van der Waals surface area contributed by atoms with Crippen molar-refractivity contribution in [1.29, 1.82) is 0 Å². The summed E-state index contributed by atoms with van der Waals surface area (Å²) in [5.74, 6) is -1.35. The van der Waals surface area contributed by atoms with Gasteiger partial charge in [-0.25, -0.2) is 4.68 Å². The summed E-state index contributed by atoms with van der Waals surface area (Å²) in [7, 11) is 1.46. The third-order valence-electron chi connectivity index (χ3n) is 3.32. The number of benzene rings is 1. The van der Waals surface area contributed by atoms with Crippen LogP contribution < -0.4 is 5.32 Å². The van der Waals surface area contributed by atoms with Gasteiger partial charge in [0, 0.05) is 25.1 Å². The molecule has 0 radical (unpaired) electrons. The molecular weight excluding hydrogens is 298 g/mol. The van der Waals surface area contributed by atoms with Crippen LogP contribution in [0.4, 0.5) is 0 Å². The maximum Gasteiger partial charge on any atom is 0.305 e. The Bertz CT molecular complexity index is 667. The Kier molecular flexibility index (Phi) is 5.13. The van der Waals surface area contributed by atoms with E-state index in [4.69, 9.17) is 9.84 Å². The highest BCUT2D eigenvalue weighted by Gasteiger charge is 2.29. The van der Waals surface area contributed by atoms with E-state index in [0.717, 1.165) is 5.69 Å². The van der Waals surface area contributed by atoms with E-state index < -0.39 is 11.5 Å². The first-order valence-corrected chi connectivity index (χ1v) is 7.07. The molecule has 2 N–H and O–H groups in total. The first kappa shape index (κ1) is 16.7. The molecule has 1 amide bonds. The van der Waals surface area contributed by atoms with Crippen molar-refractivity contribution in [2.45, 2.75) is 18.9 Å². The number of amides is 1. The molecule has 1 unspecified atom stereocenters. The molecule has 122 valence electrons. The zero-order chi connectivity index (χ0) is 16.9. The van der Waals surface area contributed by atoms with E-state index in [9.17, 15) is 9.59 Å². The van der Waals surface area contributed by atoms with Crippen LogP contribution in [0.2, 0.25) is 0 Å². The standard InChI is InChI=1S/C16H19N3O4/c1-16(11-23-2,10-14(20)21)18-15(22)12-4-6-13(7-5-12)19-9-3-8-17-19/h3-9H,10-11H2,1-2H3,(H,18,22)(H,20,21). The van der Waals surface area contributed by atoms with E-state index in [-0.39, 0.29) is 18.9 Å². The van der Waals surface area contributed by atoms with Crippen LogP contribution in [0.3, 0.4) is 0 Å². The molecule has 1 heterocycles. The summed E-state index contributed by atoms with van der Waals surface area (Å²) in [6, 6.07) is 8.68. The fourth-order valence-corrected chi connectivity index (χ4v) is 2.32. The first-order chi connectivity index (χ1) is 10.9. The van der Waals surface area contributed by atoms with Gasteiger partial charge in [0.15, 0.2) is 0 Å². The fraction of sp³-hybridized carbons (Fsp3) is 0.312. The third-order valence-corrected chi connectivity index (χ3v) is 3.32. The number of carbonyl (C=O) groups is 2. The average molecular weight is 317 g/mol. The Labute approximate surface area is 133 Å². The molecule has 7 nitrogen and oxygen atoms in total. The lowest BCUT2D eigenvalue weighted by molar-refractivity contribution is -0.139. The Morgan fingerprint density at radius 1 is 1.35 bits per heavy atom. The van der Waals surface area contributed by atoms with Crippen LogP contribution in [-0.2, 0) is 9.53 Å². The first-order valence-electron chi connectivity index (χ1n) is 7.07. The summed E-state index contributed by atoms with van der Waals surface area (Å²) < 4.78 is 6.70. The topological polar surface area (TPSA) is 93.5 Å². The zero-order valence-corrected chi connectivity index (χ0v) is 13.0. The summed E-state index contributed by atoms with van der Waals surface area (Å²) in [6.45, 7) is 1.75. The molecule has 1 aromatic carbocycles. The Morgan fingerprint density at radius 3 is 2.57 bits per heavy atom. The van der Waals surface area contributed by atoms with Crippen LogP contribution in [0.15, 0.2) is 42.7 Å². The summed E-state index contributed by atoms with van der Waals surface area (Å²) in [5.41, 5.74) is 0.295. The van der Waals surface area contributed by atoms with Crippen LogP contribution in [0.25, 0.3) is 5.69 Å². The largest absolute Gasteiger partial charge is 0.481 e. The van der Waals surface area contributed by atoms with Gasteiger partial charge in [0.25, 0.3) is 5.91 Å². The quantitative estimate of drug-likeness (QED) is 0.807. The number of hydrogen-bond donors (Lipinski definition) is 2. The highest BCUT2D eigenvalue weighted by molar-refractivity contribution is 5.95. The molecule has 0 aliphatic rings. The summed E-state index contributed by atoms with van der Waals surface area (Å²) in [6.07, 6.45) is 3.25. The SMILES string of the molecule is COCC(C)(CC(=O)O)NC(=O)c1ccc(-n2cccn2)cc1. The number of carboxylic acids is 1. The fourth-order valence-electron chi connectivity index (χ4n) is 2.32. The summed E-state index contributed by atoms with van der Waals surface area (Å²) >= 11 is 0. The lowest BCUT2D eigenvalue weighted by Gasteiger charge is -2.28. The number of nitrogens with zero attached hydrogens (tertiary/aromatic N) is 2. The van der Waals surface area contributed by atoms with Gasteiger partial charge in [0.1, 0.15) is 0 Å². The number of carboxylic acid groups (broad SMARTS) is 1. The van der Waals surface area contributed by atoms with Crippen LogP contribution in [-0.4, -0.2) is 46.0 Å². The van der Waals surface area contributed by atoms with Crippen molar-refractivity contribution < 1.29 is 19.4 Å². The molecule has 23 heavy (non-hydrogen) atoms. The van der Waals surface area contributed by atoms with E-state index >= 15 is 0 Å². The second-order valence-corrected chi connectivity index (χ2v) is 5.52. The van der Waals surface area contributed by atoms with E-state index in [1.54, 1.807) is 48.3 Å². The molecule has 0 bridgehead atoms. The molecule has 0 saturated carbocycles. The molecule has 7 heteroatoms. The van der Waals surface area contributed by atoms with Crippen molar-refractivity contribution in [3.63, 3.8) is 0 Å². The minimum atomic E-state index is -1.00. The summed E-state index contributed by atoms with van der Waals surface area (Å²) in [4.78, 5) is 23.3. The van der Waals surface area contributed by atoms with Gasteiger partial charge in [-0.15, -0.1) is 0 Å². The maximum absolute atomic E-state index is 12.3. The van der Waals surface area contributed by atoms with Gasteiger partial charge < -0.3 is 15.2 Å². The van der Waals surface area contributed by atoms with Crippen LogP contribution in [0.5, 0.6) is 0 Å². The van der Waals surface area contributed by atoms with E-state index in [2.05, 4.69) is 10.4 Å². The van der Waals surface area contributed by atoms with Gasteiger partial charge in [-0.2, -0.15) is 5.10 Å². The Morgan fingerprint density at radius 2 is 2.04 bits per heavy atom. The molecule has 1 aromatic heterocycles. The Balaban J connectivity index is 2.11. The molecule has 1 atom stereocenters. The van der Waals surface area contributed by atoms with Crippen molar-refractivity contribution in [3.8, 4) is 5.69 Å². The second-order valence-electron chi connectivity index (χ2n) is 5.52. The monoisotopic (exact) mass is 317 g/mol. The number of hydrogen-bond acceptors (Lipinski definition) is 4. The predicted molar refractivity (Wildman–Crippen MR) is 83.6 cm³/mol. The molecule has 0 aliphatic carbocycles. The maximum atomic E-state index is 12.3. The second kappa shape index (κ2) is 7.06. The average Bonchev–Trinajstić information content (AvgIpc) is 3.00. The van der Waals surface area contributed by atoms with E-state index in [1.165, 1.54) is 7.11 Å². The molecule has 0 aliphatic heterocycles. The Hall–Kier alpha value is -2.67. The highest BCUT2D eigenvalue weighted by atomic mass is 16.5. The van der Waals surface area contributed by atoms with Gasteiger partial charge in [0.2, 0.25) is 0 Å². The van der Waals surface area contributed by atoms with Gasteiger partial charge in [-0.05, 0) is 37.3 Å². The van der Waals surface area contributed by atoms with Crippen LogP contribution in [0, 0.1) is 0 Å². The van der Waals surface area contributed by atoms with Crippen LogP contribution in [0.1, 0.15) is 23.7 Å². The van der Waals surface area contributed by atoms with Gasteiger partial charge in [-0.1, -0.05) is 0 Å². The number of aromatic nitrogens is 2. The number of ether oxygens (including phenoxy) is 1. The number of aliphatic carboxylic acids is 1. The van der Waals surface area contributed by atoms with Crippen molar-refractivity contribution in [2.75, 3.05) is 13.7 Å². The molecule has 2 aromatic rings. The number of rotatable bonds is 7. The van der Waals surface area contributed by atoms with E-state index in [1.807, 2.05) is 6.07 Å². The summed E-state index contributed by atoms with van der Waals surface area (Å²) in [5, 5.41) is 15.8. The lowest BCUT2D eigenvalue weighted by Crippen LogP contribution is -2.50. The van der Waals surface area contributed by atoms with Gasteiger partial charge in [-0.3, -0.25) is 9.59 Å². The van der Waals surface area contributed by atoms with Gasteiger partial charge >= 0.3 is 5.97 Å². The lowest BCUT2D eigenvalue weighted by atomic mass is 9.98. The number of methoxy groups -OCH3 is 1. The minimum Gasteiger partial charge on any atom is -0.481 e. The molecule has 0 spiro atoms. The van der Waals surface area contributed by atoms with Crippen molar-refractivity contribution in [1.82, 2.24) is 15.1 Å². The normalized spacial score (nSPS) is 13.3. The van der Waals surface area contributed by atoms with Crippen LogP contribution >= 0.6 is 0 Å². The van der Waals surface area contributed by atoms with Crippen molar-refractivity contribution in [2.24, 2.45) is 0 Å². The minimum absolute atomic E-state index is 0.108. The molecule has 0 fully saturated rings. The predicted octanol–water partition coefficient (Wildman–Crippen LogP) is 1.48. The highest BCUT2D eigenvalue weighted by Crippen LogP contribution is 2.14. The van der Waals surface area contributed by atoms with Crippen molar-refractivity contribution in [3.05, 3.63) is 48.3 Å². The number of carbonyl (C=O) groups excluding carboxylic acids is 1. The van der Waals surface area contributed by atoms with Crippen molar-refractivity contribution >= 4 is 11.9 Å². The third kappa shape index (κ3) is 4.40. The number of nitrogens with one attached hydrogen (secondary N) is 1. The smallest absolute Gasteiger partial charge is 0.305 e. The van der Waals surface area contributed by atoms with Gasteiger partial charge in [0.05, 0.1) is 24.3 Å². The zero-order valence-electron chi connectivity index (χ0n) is 13.0. The van der Waals surface area contributed by atoms with E-state index in [0.29, 0.717) is 5.56 Å². The molecule has 0 saturated heterocycles. The molecule has 2 rings (SSSR count).